The largest absolute Gasteiger partial charge is 0.497 e. The SMILES string of the molecule is COc1cccc(C(=O)N[C@H]2CCC(=O)N3CCC[C@@H](C(=O)N[C@@H](CCC(=O)O)C(=O)C=[N+]=[N-])N3C2=O)c1. The van der Waals surface area contributed by atoms with E-state index in [0.717, 1.165) is 5.01 Å². The van der Waals surface area contributed by atoms with Gasteiger partial charge in [0.2, 0.25) is 11.8 Å². The fourth-order valence-electron chi connectivity index (χ4n) is 4.38. The van der Waals surface area contributed by atoms with Crippen molar-refractivity contribution in [1.29, 1.82) is 0 Å². The molecule has 3 N–H and O–H groups in total. The van der Waals surface area contributed by atoms with Crippen molar-refractivity contribution >= 4 is 41.6 Å². The van der Waals surface area contributed by atoms with Crippen LogP contribution in [0.3, 0.4) is 0 Å². The molecule has 4 amide bonds. The van der Waals surface area contributed by atoms with E-state index >= 15 is 0 Å². The molecule has 0 spiro atoms. The predicted molar refractivity (Wildman–Crippen MR) is 129 cm³/mol. The fourth-order valence-corrected chi connectivity index (χ4v) is 4.38. The lowest BCUT2D eigenvalue weighted by Gasteiger charge is -2.43. The van der Waals surface area contributed by atoms with Gasteiger partial charge in [0.1, 0.15) is 17.8 Å². The molecule has 2 heterocycles. The number of fused-ring (bicyclic) bond motifs is 1. The molecule has 0 bridgehead atoms. The minimum atomic E-state index is -1.33. The molecular weight excluding hydrogens is 500 g/mol. The Balaban J connectivity index is 1.83. The third-order valence-electron chi connectivity index (χ3n) is 6.29. The van der Waals surface area contributed by atoms with Crippen molar-refractivity contribution in [1.82, 2.24) is 20.7 Å². The molecule has 0 radical (unpaired) electrons. The minimum absolute atomic E-state index is 0.0153. The van der Waals surface area contributed by atoms with Gasteiger partial charge in [-0.15, -0.1) is 0 Å². The van der Waals surface area contributed by atoms with Crippen LogP contribution in [-0.4, -0.2) is 93.3 Å². The number of rotatable bonds is 10. The number of hydrogen-bond donors (Lipinski definition) is 3. The highest BCUT2D eigenvalue weighted by atomic mass is 16.5. The third kappa shape index (κ3) is 6.59. The maximum atomic E-state index is 13.6. The zero-order chi connectivity index (χ0) is 27.8. The van der Waals surface area contributed by atoms with Crippen LogP contribution in [0.2, 0.25) is 0 Å². The number of ether oxygens (including phenoxy) is 1. The zero-order valence-corrected chi connectivity index (χ0v) is 20.7. The molecule has 14 nitrogen and oxygen atoms in total. The number of ketones is 1. The summed E-state index contributed by atoms with van der Waals surface area (Å²) in [5.74, 6) is -4.02. The third-order valence-corrected chi connectivity index (χ3v) is 6.29. The first kappa shape index (κ1) is 28.0. The van der Waals surface area contributed by atoms with E-state index in [2.05, 4.69) is 15.4 Å². The van der Waals surface area contributed by atoms with Crippen molar-refractivity contribution in [2.75, 3.05) is 13.7 Å². The van der Waals surface area contributed by atoms with E-state index < -0.39 is 59.9 Å². The van der Waals surface area contributed by atoms with Crippen LogP contribution in [0.1, 0.15) is 48.9 Å². The van der Waals surface area contributed by atoms with Gasteiger partial charge in [-0.25, -0.2) is 5.01 Å². The molecule has 0 aromatic heterocycles. The van der Waals surface area contributed by atoms with E-state index in [1.165, 1.54) is 24.3 Å². The topological polar surface area (TPSA) is 199 Å². The van der Waals surface area contributed by atoms with E-state index in [1.807, 2.05) is 0 Å². The Morgan fingerprint density at radius 2 is 2.03 bits per heavy atom. The summed E-state index contributed by atoms with van der Waals surface area (Å²) in [5.41, 5.74) is 8.93. The molecule has 0 unspecified atom stereocenters. The number of methoxy groups -OCH3 is 1. The quantitative estimate of drug-likeness (QED) is 0.206. The number of nitrogens with one attached hydrogen (secondary N) is 2. The Hall–Kier alpha value is -4.58. The molecule has 0 saturated carbocycles. The molecule has 1 aromatic rings. The van der Waals surface area contributed by atoms with Crippen LogP contribution in [-0.2, 0) is 24.0 Å². The predicted octanol–water partition coefficient (Wildman–Crippen LogP) is -0.459. The Bertz CT molecular complexity index is 1180. The number of Topliss-reactive ketones (excluding diaryl/α,β-unsaturated/α-hetero) is 1. The summed E-state index contributed by atoms with van der Waals surface area (Å²) in [4.78, 5) is 78.4. The van der Waals surface area contributed by atoms with E-state index in [1.54, 1.807) is 12.1 Å². The lowest BCUT2D eigenvalue weighted by atomic mass is 10.0. The van der Waals surface area contributed by atoms with Gasteiger partial charge in [-0.3, -0.25) is 33.8 Å². The van der Waals surface area contributed by atoms with Crippen molar-refractivity contribution in [3.63, 3.8) is 0 Å². The lowest BCUT2D eigenvalue weighted by molar-refractivity contribution is -0.176. The van der Waals surface area contributed by atoms with Crippen LogP contribution in [0, 0.1) is 0 Å². The number of carboxylic acids is 1. The molecule has 2 aliphatic heterocycles. The molecular formula is C24H28N6O8. The highest BCUT2D eigenvalue weighted by molar-refractivity contribution is 6.28. The molecule has 3 rings (SSSR count). The summed E-state index contributed by atoms with van der Waals surface area (Å²) in [6.45, 7) is 0.184. The van der Waals surface area contributed by atoms with Crippen molar-refractivity contribution in [2.45, 2.75) is 56.7 Å². The molecule has 14 heteroatoms. The number of nitrogens with zero attached hydrogens (tertiary/aromatic N) is 4. The van der Waals surface area contributed by atoms with Crippen LogP contribution in [0.5, 0.6) is 5.75 Å². The van der Waals surface area contributed by atoms with E-state index in [0.29, 0.717) is 18.4 Å². The van der Waals surface area contributed by atoms with Gasteiger partial charge in [-0.1, -0.05) is 6.07 Å². The number of carbonyl (C=O) groups is 6. The number of carboxylic acid groups (broad SMARTS) is 1. The molecule has 2 aliphatic rings. The van der Waals surface area contributed by atoms with E-state index in [-0.39, 0.29) is 37.8 Å². The zero-order valence-electron chi connectivity index (χ0n) is 20.7. The summed E-state index contributed by atoms with van der Waals surface area (Å²) >= 11 is 0. The molecule has 2 saturated heterocycles. The van der Waals surface area contributed by atoms with Gasteiger partial charge in [-0.05, 0) is 43.9 Å². The number of carbonyl (C=O) groups excluding carboxylic acids is 5. The average molecular weight is 529 g/mol. The highest BCUT2D eigenvalue weighted by Crippen LogP contribution is 2.25. The van der Waals surface area contributed by atoms with Gasteiger partial charge in [-0.2, -0.15) is 4.79 Å². The normalized spacial score (nSPS) is 19.8. The van der Waals surface area contributed by atoms with E-state index in [9.17, 15) is 28.8 Å². The minimum Gasteiger partial charge on any atom is -0.497 e. The number of hydrazine groups is 1. The standard InChI is InChI=1S/C24H28N6O8/c1-38-15-5-2-4-14(12-15)22(35)28-17-7-9-20(32)29-11-3-6-18(30(29)24(17)37)23(36)27-16(8-10-21(33)34)19(31)13-26-25/h2,4-5,12-13,16-18H,3,6-11H2,1H3,(H,27,36)(H,28,35)(H,33,34)/t16-,17-,18-/m0/s1. The van der Waals surface area contributed by atoms with Gasteiger partial charge < -0.3 is 26.0 Å². The summed E-state index contributed by atoms with van der Waals surface area (Å²) in [7, 11) is 1.45. The molecule has 3 atom stereocenters. The first-order chi connectivity index (χ1) is 18.2. The van der Waals surface area contributed by atoms with Gasteiger partial charge in [0, 0.05) is 24.9 Å². The molecule has 0 aliphatic carbocycles. The average Bonchev–Trinajstić information content (AvgIpc) is 3.02. The monoisotopic (exact) mass is 528 g/mol. The maximum absolute atomic E-state index is 13.6. The van der Waals surface area contributed by atoms with Gasteiger partial charge >= 0.3 is 12.2 Å². The number of hydrogen-bond acceptors (Lipinski definition) is 7. The maximum Gasteiger partial charge on any atom is 0.325 e. The smallest absolute Gasteiger partial charge is 0.325 e. The first-order valence-corrected chi connectivity index (χ1v) is 12.0. The van der Waals surface area contributed by atoms with Gasteiger partial charge in [0.15, 0.2) is 0 Å². The van der Waals surface area contributed by atoms with Crippen molar-refractivity contribution in [2.24, 2.45) is 0 Å². The molecule has 1 aromatic carbocycles. The molecule has 38 heavy (non-hydrogen) atoms. The van der Waals surface area contributed by atoms with E-state index in [4.69, 9.17) is 15.4 Å². The van der Waals surface area contributed by atoms with Gasteiger partial charge in [0.05, 0.1) is 13.2 Å². The highest BCUT2D eigenvalue weighted by Gasteiger charge is 2.45. The second-order valence-electron chi connectivity index (χ2n) is 8.79. The van der Waals surface area contributed by atoms with Crippen LogP contribution in [0.15, 0.2) is 24.3 Å². The summed E-state index contributed by atoms with van der Waals surface area (Å²) < 4.78 is 5.13. The molecule has 2 fully saturated rings. The fraction of sp³-hybridized carbons (Fsp3) is 0.458. The lowest BCUT2D eigenvalue weighted by Crippen LogP contribution is -2.64. The number of aliphatic carboxylic acids is 1. The second-order valence-corrected chi connectivity index (χ2v) is 8.79. The molecule has 202 valence electrons. The van der Waals surface area contributed by atoms with Crippen LogP contribution in [0.4, 0.5) is 0 Å². The van der Waals surface area contributed by atoms with Gasteiger partial charge in [0.25, 0.3) is 17.6 Å². The van der Waals surface area contributed by atoms with Crippen LogP contribution in [0.25, 0.3) is 5.53 Å². The Labute approximate surface area is 217 Å². The van der Waals surface area contributed by atoms with Crippen molar-refractivity contribution < 1.29 is 43.4 Å². The van der Waals surface area contributed by atoms with Crippen molar-refractivity contribution in [3.8, 4) is 5.75 Å². The number of amides is 4. The summed E-state index contributed by atoms with van der Waals surface area (Å²) in [5, 5.41) is 16.2. The Morgan fingerprint density at radius 1 is 1.26 bits per heavy atom. The number of benzene rings is 1. The Kier molecular flexibility index (Phi) is 9.28. The van der Waals surface area contributed by atoms with Crippen LogP contribution >= 0.6 is 0 Å². The summed E-state index contributed by atoms with van der Waals surface area (Å²) in [6.07, 6.45) is 0.325. The Morgan fingerprint density at radius 3 is 2.71 bits per heavy atom. The first-order valence-electron chi connectivity index (χ1n) is 12.0. The summed E-state index contributed by atoms with van der Waals surface area (Å²) in [6, 6.07) is 2.67. The van der Waals surface area contributed by atoms with Crippen LogP contribution < -0.4 is 15.4 Å². The van der Waals surface area contributed by atoms with Crippen molar-refractivity contribution in [3.05, 3.63) is 35.4 Å². The second kappa shape index (κ2) is 12.6.